The summed E-state index contributed by atoms with van der Waals surface area (Å²) in [7, 11) is -4.24. The topological polar surface area (TPSA) is 79.0 Å². The highest BCUT2D eigenvalue weighted by Crippen LogP contribution is 2.40. The zero-order valence-electron chi connectivity index (χ0n) is 16.9. The Hall–Kier alpha value is -2.77. The van der Waals surface area contributed by atoms with Crippen molar-refractivity contribution < 1.29 is 39.9 Å². The summed E-state index contributed by atoms with van der Waals surface area (Å²) in [6, 6.07) is 3.78. The maximum absolute atomic E-state index is 15.4. The predicted molar refractivity (Wildman–Crippen MR) is 105 cm³/mol. The number of nitrogens with zero attached hydrogens (tertiary/aromatic N) is 2. The summed E-state index contributed by atoms with van der Waals surface area (Å²) in [5, 5.41) is 2.05. The quantitative estimate of drug-likeness (QED) is 0.528. The Bertz CT molecular complexity index is 1180. The fourth-order valence-corrected chi connectivity index (χ4v) is 5.66. The number of piperidine rings is 1. The number of ether oxygens (including phenoxy) is 1. The number of alkyl halides is 1. The molecule has 2 atom stereocenters. The highest BCUT2D eigenvalue weighted by atomic mass is 32.2. The number of anilines is 1. The van der Waals surface area contributed by atoms with Crippen molar-refractivity contribution in [3.63, 3.8) is 0 Å². The minimum absolute atomic E-state index is 0.0902. The van der Waals surface area contributed by atoms with Gasteiger partial charge in [-0.3, -0.25) is 0 Å². The second-order valence-electron chi connectivity index (χ2n) is 7.56. The molecule has 2 heterocycles. The van der Waals surface area contributed by atoms with Gasteiger partial charge in [0, 0.05) is 31.6 Å². The van der Waals surface area contributed by atoms with Gasteiger partial charge in [-0.1, -0.05) is 0 Å². The van der Waals surface area contributed by atoms with Gasteiger partial charge in [-0.15, -0.1) is 0 Å². The number of likely N-dealkylation sites (tertiary alicyclic amines) is 1. The molecule has 33 heavy (non-hydrogen) atoms. The van der Waals surface area contributed by atoms with Crippen LogP contribution in [0.25, 0.3) is 0 Å². The second kappa shape index (κ2) is 8.54. The number of nitrogens with one attached hydrogen (secondary N) is 1. The highest BCUT2D eigenvalue weighted by Gasteiger charge is 2.57. The van der Waals surface area contributed by atoms with Crippen molar-refractivity contribution in [2.24, 2.45) is 0 Å². The molecule has 0 aliphatic carbocycles. The zero-order valence-corrected chi connectivity index (χ0v) is 17.7. The molecular formula is C20H18F5N3O4S. The zero-order chi connectivity index (χ0) is 24.0. The molecule has 2 fully saturated rings. The van der Waals surface area contributed by atoms with Gasteiger partial charge < -0.3 is 15.0 Å². The monoisotopic (exact) mass is 491 g/mol. The van der Waals surface area contributed by atoms with Gasteiger partial charge in [0.15, 0.2) is 23.5 Å². The Morgan fingerprint density at radius 3 is 2.36 bits per heavy atom. The fraction of sp³-hybridized carbons (Fsp3) is 0.350. The van der Waals surface area contributed by atoms with E-state index < -0.39 is 63.5 Å². The lowest BCUT2D eigenvalue weighted by Crippen LogP contribution is -2.63. The Morgan fingerprint density at radius 2 is 1.70 bits per heavy atom. The van der Waals surface area contributed by atoms with E-state index in [1.54, 1.807) is 0 Å². The normalized spacial score (nSPS) is 23.8. The van der Waals surface area contributed by atoms with Crippen molar-refractivity contribution in [2.75, 3.05) is 31.6 Å². The first-order chi connectivity index (χ1) is 15.5. The van der Waals surface area contributed by atoms with Crippen LogP contribution in [0.1, 0.15) is 6.42 Å². The van der Waals surface area contributed by atoms with Gasteiger partial charge in [0.05, 0.1) is 23.7 Å². The molecule has 2 unspecified atom stereocenters. The number of sulfonamides is 1. The van der Waals surface area contributed by atoms with Crippen LogP contribution < -0.4 is 5.32 Å². The van der Waals surface area contributed by atoms with Crippen LogP contribution in [0.3, 0.4) is 0 Å². The van der Waals surface area contributed by atoms with Crippen molar-refractivity contribution in [3.05, 3.63) is 59.7 Å². The molecule has 2 saturated heterocycles. The third-order valence-corrected chi connectivity index (χ3v) is 7.56. The standard InChI is InChI=1S/C20H18F5N3O4S/c21-12-1-3-13(4-2-12)33(30,31)28-7-8-32-20(28)5-6-27(11-18(20)25)19(29)26-17-10-15(23)14(22)9-16(17)24/h1-4,9-10,18H,5-8,11H2,(H,26,29). The third kappa shape index (κ3) is 4.15. The van der Waals surface area contributed by atoms with E-state index >= 15 is 4.39 Å². The van der Waals surface area contributed by atoms with E-state index in [1.165, 1.54) is 0 Å². The molecule has 0 radical (unpaired) electrons. The van der Waals surface area contributed by atoms with Gasteiger partial charge in [-0.25, -0.2) is 35.2 Å². The van der Waals surface area contributed by atoms with Crippen LogP contribution in [0.15, 0.2) is 41.3 Å². The van der Waals surface area contributed by atoms with E-state index in [0.29, 0.717) is 6.07 Å². The van der Waals surface area contributed by atoms with E-state index in [9.17, 15) is 30.8 Å². The lowest BCUT2D eigenvalue weighted by molar-refractivity contribution is -0.134. The summed E-state index contributed by atoms with van der Waals surface area (Å²) >= 11 is 0. The minimum atomic E-state index is -4.24. The average Bonchev–Trinajstić information content (AvgIpc) is 3.20. The molecule has 2 aliphatic rings. The van der Waals surface area contributed by atoms with Crippen LogP contribution in [-0.4, -0.2) is 61.8 Å². The summed E-state index contributed by atoms with van der Waals surface area (Å²) in [5.74, 6) is -4.67. The smallest absolute Gasteiger partial charge is 0.322 e. The van der Waals surface area contributed by atoms with Gasteiger partial charge in [0.2, 0.25) is 10.0 Å². The number of urea groups is 1. The van der Waals surface area contributed by atoms with E-state index in [4.69, 9.17) is 4.74 Å². The maximum Gasteiger partial charge on any atom is 0.322 e. The number of benzene rings is 2. The number of halogens is 5. The molecule has 0 bridgehead atoms. The molecule has 2 aromatic carbocycles. The Kier molecular flexibility index (Phi) is 6.05. The summed E-state index contributed by atoms with van der Waals surface area (Å²) < 4.78 is 101. The van der Waals surface area contributed by atoms with Crippen LogP contribution in [-0.2, 0) is 14.8 Å². The van der Waals surface area contributed by atoms with Gasteiger partial charge in [-0.05, 0) is 24.3 Å². The second-order valence-corrected chi connectivity index (χ2v) is 9.43. The summed E-state index contributed by atoms with van der Waals surface area (Å²) in [5.41, 5.74) is -2.51. The number of amides is 2. The molecular weight excluding hydrogens is 473 g/mol. The first kappa shape index (κ1) is 23.4. The molecule has 1 N–H and O–H groups in total. The van der Waals surface area contributed by atoms with Gasteiger partial charge in [-0.2, -0.15) is 4.31 Å². The number of hydrogen-bond acceptors (Lipinski definition) is 4. The number of carbonyl (C=O) groups excluding carboxylic acids is 1. The van der Waals surface area contributed by atoms with Crippen LogP contribution in [0.5, 0.6) is 0 Å². The number of carbonyl (C=O) groups is 1. The molecule has 4 rings (SSSR count). The van der Waals surface area contributed by atoms with E-state index in [0.717, 1.165) is 33.5 Å². The van der Waals surface area contributed by atoms with Crippen LogP contribution in [0, 0.1) is 23.3 Å². The molecule has 1 spiro atoms. The summed E-state index contributed by atoms with van der Waals surface area (Å²) in [4.78, 5) is 13.2. The molecule has 7 nitrogen and oxygen atoms in total. The molecule has 178 valence electrons. The van der Waals surface area contributed by atoms with E-state index in [-0.39, 0.29) is 37.1 Å². The van der Waals surface area contributed by atoms with Gasteiger partial charge in [0.25, 0.3) is 0 Å². The summed E-state index contributed by atoms with van der Waals surface area (Å²) in [6.45, 7) is -1.01. The van der Waals surface area contributed by atoms with Crippen molar-refractivity contribution in [1.29, 1.82) is 0 Å². The van der Waals surface area contributed by atoms with Crippen molar-refractivity contribution in [3.8, 4) is 0 Å². The fourth-order valence-electron chi connectivity index (χ4n) is 3.94. The SMILES string of the molecule is O=C(Nc1cc(F)c(F)cc1F)N1CCC2(OCCN2S(=O)(=O)c2ccc(F)cc2)C(F)C1. The van der Waals surface area contributed by atoms with Crippen LogP contribution in [0.2, 0.25) is 0 Å². The number of hydrogen-bond donors (Lipinski definition) is 1. The summed E-state index contributed by atoms with van der Waals surface area (Å²) in [6.07, 6.45) is -2.23. The van der Waals surface area contributed by atoms with Crippen molar-refractivity contribution in [2.45, 2.75) is 23.2 Å². The number of rotatable bonds is 3. The molecule has 2 aromatic rings. The van der Waals surface area contributed by atoms with Crippen molar-refractivity contribution >= 4 is 21.7 Å². The Morgan fingerprint density at radius 1 is 1.03 bits per heavy atom. The molecule has 2 amide bonds. The van der Waals surface area contributed by atoms with Gasteiger partial charge in [0.1, 0.15) is 11.6 Å². The average molecular weight is 491 g/mol. The Balaban J connectivity index is 1.51. The molecule has 2 aliphatic heterocycles. The minimum Gasteiger partial charge on any atom is -0.355 e. The van der Waals surface area contributed by atoms with Crippen LogP contribution in [0.4, 0.5) is 32.4 Å². The lowest BCUT2D eigenvalue weighted by Gasteiger charge is -2.44. The molecule has 13 heteroatoms. The highest BCUT2D eigenvalue weighted by molar-refractivity contribution is 7.89. The maximum atomic E-state index is 15.4. The van der Waals surface area contributed by atoms with E-state index in [2.05, 4.69) is 5.32 Å². The van der Waals surface area contributed by atoms with Crippen molar-refractivity contribution in [1.82, 2.24) is 9.21 Å². The first-order valence-electron chi connectivity index (χ1n) is 9.81. The first-order valence-corrected chi connectivity index (χ1v) is 11.3. The van der Waals surface area contributed by atoms with Crippen LogP contribution >= 0.6 is 0 Å². The Labute approximate surface area is 185 Å². The van der Waals surface area contributed by atoms with E-state index in [1.807, 2.05) is 0 Å². The third-order valence-electron chi connectivity index (χ3n) is 5.62. The molecule has 0 saturated carbocycles. The lowest BCUT2D eigenvalue weighted by atomic mass is 9.99. The molecule has 0 aromatic heterocycles. The van der Waals surface area contributed by atoms with Gasteiger partial charge >= 0.3 is 6.03 Å². The largest absolute Gasteiger partial charge is 0.355 e. The predicted octanol–water partition coefficient (Wildman–Crippen LogP) is 3.24.